The number of aldehydes is 1. The van der Waals surface area contributed by atoms with Crippen molar-refractivity contribution in [2.24, 2.45) is 0 Å². The molecule has 110 valence electrons. The molecule has 3 nitrogen and oxygen atoms in total. The van der Waals surface area contributed by atoms with Gasteiger partial charge in [-0.2, -0.15) is 0 Å². The van der Waals surface area contributed by atoms with Crippen LogP contribution in [0.15, 0.2) is 30.3 Å². The molecule has 0 radical (unpaired) electrons. The molecule has 0 N–H and O–H groups in total. The zero-order valence-electron chi connectivity index (χ0n) is 11.7. The molecule has 0 saturated carbocycles. The quantitative estimate of drug-likeness (QED) is 0.786. The lowest BCUT2D eigenvalue weighted by Crippen LogP contribution is -2.00. The molecular weight excluding hydrogens is 295 g/mol. The highest BCUT2D eigenvalue weighted by molar-refractivity contribution is 6.30. The molecule has 2 aromatic carbocycles. The molecule has 0 unspecified atom stereocenters. The van der Waals surface area contributed by atoms with E-state index >= 15 is 0 Å². The van der Waals surface area contributed by atoms with E-state index in [2.05, 4.69) is 0 Å². The van der Waals surface area contributed by atoms with Crippen molar-refractivity contribution >= 4 is 17.9 Å². The van der Waals surface area contributed by atoms with Gasteiger partial charge in [0.1, 0.15) is 17.3 Å². The van der Waals surface area contributed by atoms with Crippen molar-refractivity contribution in [3.63, 3.8) is 0 Å². The first-order chi connectivity index (χ1) is 10.1. The highest BCUT2D eigenvalue weighted by atomic mass is 35.5. The third-order valence-electron chi connectivity index (χ3n) is 3.17. The first-order valence-corrected chi connectivity index (χ1v) is 6.61. The lowest BCUT2D eigenvalue weighted by molar-refractivity contribution is 0.112. The molecule has 0 aliphatic carbocycles. The van der Waals surface area contributed by atoms with Crippen LogP contribution in [0.3, 0.4) is 0 Å². The molecule has 0 amide bonds. The van der Waals surface area contributed by atoms with Crippen molar-refractivity contribution in [1.29, 1.82) is 0 Å². The zero-order valence-corrected chi connectivity index (χ0v) is 12.4. The predicted octanol–water partition coefficient (Wildman–Crippen LogP) is 3.90. The summed E-state index contributed by atoms with van der Waals surface area (Å²) in [5, 5.41) is 0.0654. The number of carbonyl (C=O) groups is 1. The molecule has 5 heteroatoms. The summed E-state index contributed by atoms with van der Waals surface area (Å²) in [4.78, 5) is 11.1. The van der Waals surface area contributed by atoms with Crippen LogP contribution in [-0.2, 0) is 6.42 Å². The van der Waals surface area contributed by atoms with E-state index in [1.807, 2.05) is 0 Å². The van der Waals surface area contributed by atoms with Gasteiger partial charge in [-0.25, -0.2) is 4.39 Å². The number of hydrogen-bond donors (Lipinski definition) is 0. The highest BCUT2D eigenvalue weighted by Crippen LogP contribution is 2.31. The van der Waals surface area contributed by atoms with E-state index < -0.39 is 5.82 Å². The van der Waals surface area contributed by atoms with Gasteiger partial charge in [-0.05, 0) is 23.3 Å². The van der Waals surface area contributed by atoms with Crippen LogP contribution < -0.4 is 9.47 Å². The van der Waals surface area contributed by atoms with Gasteiger partial charge in [0.25, 0.3) is 0 Å². The monoisotopic (exact) mass is 308 g/mol. The smallest absolute Gasteiger partial charge is 0.153 e. The molecule has 0 bridgehead atoms. The first-order valence-electron chi connectivity index (χ1n) is 6.23. The Morgan fingerprint density at radius 3 is 2.48 bits per heavy atom. The second kappa shape index (κ2) is 6.59. The van der Waals surface area contributed by atoms with Gasteiger partial charge in [0.15, 0.2) is 6.29 Å². The molecule has 0 aliphatic heterocycles. The standard InChI is InChI=1S/C16H14ClFO3/c1-20-14-8-15(21-2)12(9-19)7-11(14)6-10-4-3-5-13(17)16(10)18/h3-5,7-9H,6H2,1-2H3. The van der Waals surface area contributed by atoms with E-state index in [1.165, 1.54) is 20.3 Å². The van der Waals surface area contributed by atoms with Crippen LogP contribution in [0.5, 0.6) is 11.5 Å². The van der Waals surface area contributed by atoms with Crippen molar-refractivity contribution in [1.82, 2.24) is 0 Å². The first kappa shape index (κ1) is 15.3. The Labute approximate surface area is 127 Å². The van der Waals surface area contributed by atoms with Crippen LogP contribution in [-0.4, -0.2) is 20.5 Å². The maximum absolute atomic E-state index is 14.0. The molecule has 0 heterocycles. The van der Waals surface area contributed by atoms with Crippen LogP contribution in [0, 0.1) is 5.82 Å². The van der Waals surface area contributed by atoms with E-state index in [-0.39, 0.29) is 11.4 Å². The Morgan fingerprint density at radius 2 is 1.86 bits per heavy atom. The van der Waals surface area contributed by atoms with Gasteiger partial charge in [-0.1, -0.05) is 23.7 Å². The molecule has 0 spiro atoms. The van der Waals surface area contributed by atoms with E-state index in [4.69, 9.17) is 21.1 Å². The highest BCUT2D eigenvalue weighted by Gasteiger charge is 2.14. The summed E-state index contributed by atoms with van der Waals surface area (Å²) >= 11 is 5.78. The number of carbonyl (C=O) groups excluding carboxylic acids is 1. The van der Waals surface area contributed by atoms with Gasteiger partial charge in [-0.15, -0.1) is 0 Å². The summed E-state index contributed by atoms with van der Waals surface area (Å²) < 4.78 is 24.4. The summed E-state index contributed by atoms with van der Waals surface area (Å²) in [7, 11) is 2.98. The number of hydrogen-bond acceptors (Lipinski definition) is 3. The maximum atomic E-state index is 14.0. The molecule has 2 rings (SSSR count). The summed E-state index contributed by atoms with van der Waals surface area (Å²) in [6, 6.07) is 8.05. The number of methoxy groups -OCH3 is 2. The normalized spacial score (nSPS) is 10.3. The minimum absolute atomic E-state index is 0.0654. The average molecular weight is 309 g/mol. The molecule has 2 aromatic rings. The predicted molar refractivity (Wildman–Crippen MR) is 79.1 cm³/mol. The van der Waals surface area contributed by atoms with Gasteiger partial charge in [0.05, 0.1) is 24.8 Å². The van der Waals surface area contributed by atoms with E-state index in [0.29, 0.717) is 34.5 Å². The summed E-state index contributed by atoms with van der Waals surface area (Å²) in [6.45, 7) is 0. The summed E-state index contributed by atoms with van der Waals surface area (Å²) in [6.07, 6.45) is 0.955. The Bertz CT molecular complexity index is 671. The zero-order chi connectivity index (χ0) is 15.4. The van der Waals surface area contributed by atoms with Crippen molar-refractivity contribution < 1.29 is 18.7 Å². The second-order valence-electron chi connectivity index (χ2n) is 4.41. The van der Waals surface area contributed by atoms with E-state index in [1.54, 1.807) is 24.3 Å². The van der Waals surface area contributed by atoms with Crippen molar-refractivity contribution in [3.8, 4) is 11.5 Å². The van der Waals surface area contributed by atoms with Gasteiger partial charge >= 0.3 is 0 Å². The summed E-state index contributed by atoms with van der Waals surface area (Å²) in [5.41, 5.74) is 1.50. The van der Waals surface area contributed by atoms with Crippen molar-refractivity contribution in [2.75, 3.05) is 14.2 Å². The SMILES string of the molecule is COc1cc(OC)c(Cc2cccc(Cl)c2F)cc1C=O. The van der Waals surface area contributed by atoms with E-state index in [0.717, 1.165) is 0 Å². The molecule has 0 saturated heterocycles. The summed E-state index contributed by atoms with van der Waals surface area (Å²) in [5.74, 6) is 0.471. The number of halogens is 2. The number of benzene rings is 2. The molecule has 21 heavy (non-hydrogen) atoms. The fourth-order valence-electron chi connectivity index (χ4n) is 2.11. The fraction of sp³-hybridized carbons (Fsp3) is 0.188. The molecular formula is C16H14ClFO3. The Morgan fingerprint density at radius 1 is 1.14 bits per heavy atom. The maximum Gasteiger partial charge on any atom is 0.153 e. The minimum Gasteiger partial charge on any atom is -0.496 e. The fourth-order valence-corrected chi connectivity index (χ4v) is 2.31. The van der Waals surface area contributed by atoms with Crippen LogP contribution in [0.4, 0.5) is 4.39 Å². The van der Waals surface area contributed by atoms with Gasteiger partial charge < -0.3 is 9.47 Å². The largest absolute Gasteiger partial charge is 0.496 e. The lowest BCUT2D eigenvalue weighted by Gasteiger charge is -2.13. The topological polar surface area (TPSA) is 35.5 Å². The van der Waals surface area contributed by atoms with Gasteiger partial charge in [-0.3, -0.25) is 4.79 Å². The molecule has 0 aromatic heterocycles. The van der Waals surface area contributed by atoms with Gasteiger partial charge in [0.2, 0.25) is 0 Å². The molecule has 0 aliphatic rings. The van der Waals surface area contributed by atoms with Crippen LogP contribution in [0.2, 0.25) is 5.02 Å². The average Bonchev–Trinajstić information content (AvgIpc) is 2.51. The van der Waals surface area contributed by atoms with E-state index in [9.17, 15) is 9.18 Å². The third kappa shape index (κ3) is 3.16. The minimum atomic E-state index is -0.468. The molecule has 0 fully saturated rings. The Balaban J connectivity index is 2.48. The van der Waals surface area contributed by atoms with Crippen LogP contribution in [0.25, 0.3) is 0 Å². The second-order valence-corrected chi connectivity index (χ2v) is 4.82. The Kier molecular flexibility index (Phi) is 4.81. The van der Waals surface area contributed by atoms with Crippen molar-refractivity contribution in [2.45, 2.75) is 6.42 Å². The van der Waals surface area contributed by atoms with Crippen molar-refractivity contribution in [3.05, 3.63) is 57.9 Å². The Hall–Kier alpha value is -2.07. The van der Waals surface area contributed by atoms with Crippen LogP contribution >= 0.6 is 11.6 Å². The van der Waals surface area contributed by atoms with Crippen LogP contribution in [0.1, 0.15) is 21.5 Å². The number of ether oxygens (including phenoxy) is 2. The van der Waals surface area contributed by atoms with Gasteiger partial charge in [0, 0.05) is 12.5 Å². The lowest BCUT2D eigenvalue weighted by atomic mass is 10.0. The third-order valence-corrected chi connectivity index (χ3v) is 3.46. The molecule has 0 atom stereocenters. The number of rotatable bonds is 5.